The van der Waals surface area contributed by atoms with Crippen molar-refractivity contribution in [1.29, 1.82) is 0 Å². The first-order chi connectivity index (χ1) is 13.2. The molecule has 0 aliphatic carbocycles. The number of fused-ring (bicyclic) bond motifs is 2. The van der Waals surface area contributed by atoms with Crippen molar-refractivity contribution >= 4 is 39.1 Å². The first kappa shape index (κ1) is 18.0. The molecule has 1 aliphatic heterocycles. The van der Waals surface area contributed by atoms with Crippen molar-refractivity contribution in [2.45, 2.75) is 12.6 Å². The summed E-state index contributed by atoms with van der Waals surface area (Å²) < 4.78 is 19.5. The number of aromatic nitrogens is 1. The van der Waals surface area contributed by atoms with E-state index in [1.165, 1.54) is 11.3 Å². The van der Waals surface area contributed by atoms with Gasteiger partial charge in [0, 0.05) is 18.7 Å². The Morgan fingerprint density at radius 2 is 2.15 bits per heavy atom. The van der Waals surface area contributed by atoms with Crippen LogP contribution >= 0.6 is 22.9 Å². The average molecular weight is 405 g/mol. The lowest BCUT2D eigenvalue weighted by molar-refractivity contribution is -0.127. The van der Waals surface area contributed by atoms with Crippen molar-refractivity contribution in [3.05, 3.63) is 52.3 Å². The summed E-state index contributed by atoms with van der Waals surface area (Å²) in [5, 5.41) is 0.640. The maximum Gasteiger partial charge on any atom is 0.292 e. The van der Waals surface area contributed by atoms with Gasteiger partial charge in [-0.2, -0.15) is 4.99 Å². The summed E-state index contributed by atoms with van der Waals surface area (Å²) in [6.07, 6.45) is -0.774. The highest BCUT2D eigenvalue weighted by Crippen LogP contribution is 2.31. The van der Waals surface area contributed by atoms with Gasteiger partial charge in [0.05, 0.1) is 16.8 Å². The van der Waals surface area contributed by atoms with Gasteiger partial charge in [0.1, 0.15) is 6.61 Å². The van der Waals surface area contributed by atoms with Crippen LogP contribution in [0.15, 0.2) is 47.5 Å². The number of thiazole rings is 1. The number of nitrogens with zero attached hydrogens (tertiary/aromatic N) is 2. The monoisotopic (exact) mass is 404 g/mol. The van der Waals surface area contributed by atoms with Crippen molar-refractivity contribution in [2.24, 2.45) is 4.99 Å². The van der Waals surface area contributed by atoms with Gasteiger partial charge in [-0.1, -0.05) is 35.1 Å². The second-order valence-electron chi connectivity index (χ2n) is 5.96. The highest BCUT2D eigenvalue weighted by Gasteiger charge is 2.27. The largest absolute Gasteiger partial charge is 0.485 e. The van der Waals surface area contributed by atoms with Crippen molar-refractivity contribution in [3.63, 3.8) is 0 Å². The van der Waals surface area contributed by atoms with Gasteiger partial charge < -0.3 is 18.8 Å². The Bertz CT molecular complexity index is 1060. The summed E-state index contributed by atoms with van der Waals surface area (Å²) in [6, 6.07) is 12.9. The van der Waals surface area contributed by atoms with Crippen LogP contribution in [0.1, 0.15) is 0 Å². The van der Waals surface area contributed by atoms with E-state index in [0.29, 0.717) is 34.5 Å². The molecule has 0 bridgehead atoms. The van der Waals surface area contributed by atoms with E-state index in [0.717, 1.165) is 10.2 Å². The van der Waals surface area contributed by atoms with Crippen LogP contribution in [0.2, 0.25) is 5.02 Å². The van der Waals surface area contributed by atoms with Gasteiger partial charge >= 0.3 is 0 Å². The van der Waals surface area contributed by atoms with E-state index in [1.807, 2.05) is 41.0 Å². The Morgan fingerprint density at radius 1 is 1.33 bits per heavy atom. The number of benzene rings is 2. The second-order valence-corrected chi connectivity index (χ2v) is 7.40. The van der Waals surface area contributed by atoms with E-state index in [4.69, 9.17) is 25.8 Å². The summed E-state index contributed by atoms with van der Waals surface area (Å²) in [7, 11) is 1.64. The quantitative estimate of drug-likeness (QED) is 0.669. The van der Waals surface area contributed by atoms with E-state index in [9.17, 15) is 4.79 Å². The number of rotatable bonds is 4. The van der Waals surface area contributed by atoms with Crippen molar-refractivity contribution in [2.75, 3.05) is 20.3 Å². The van der Waals surface area contributed by atoms with Crippen molar-refractivity contribution < 1.29 is 19.0 Å². The lowest BCUT2D eigenvalue weighted by atomic mass is 10.2. The molecule has 0 saturated heterocycles. The zero-order chi connectivity index (χ0) is 18.8. The maximum absolute atomic E-state index is 12.7. The first-order valence-corrected chi connectivity index (χ1v) is 9.60. The number of hydrogen-bond acceptors (Lipinski definition) is 5. The van der Waals surface area contributed by atoms with Gasteiger partial charge in [0.25, 0.3) is 5.91 Å². The first-order valence-electron chi connectivity index (χ1n) is 8.40. The SMILES string of the molecule is COCCn1c(=NC(=O)[C@H]2COc3ccccc3O2)sc2cc(Cl)ccc21. The van der Waals surface area contributed by atoms with Crippen LogP contribution < -0.4 is 14.3 Å². The standard InChI is InChI=1S/C19H17ClN2O4S/c1-24-9-8-22-13-7-6-12(20)10-17(13)27-19(22)21-18(23)16-11-25-14-4-2-3-5-15(14)26-16/h2-7,10,16H,8-9,11H2,1H3/t16-/m1/s1. The minimum Gasteiger partial charge on any atom is -0.485 e. The molecule has 0 fully saturated rings. The topological polar surface area (TPSA) is 62.1 Å². The van der Waals surface area contributed by atoms with E-state index in [1.54, 1.807) is 13.2 Å². The molecule has 27 heavy (non-hydrogen) atoms. The molecule has 1 atom stereocenters. The van der Waals surface area contributed by atoms with Crippen molar-refractivity contribution in [3.8, 4) is 11.5 Å². The summed E-state index contributed by atoms with van der Waals surface area (Å²) in [5.41, 5.74) is 0.958. The fourth-order valence-electron chi connectivity index (χ4n) is 2.84. The van der Waals surface area contributed by atoms with E-state index in [2.05, 4.69) is 4.99 Å². The molecular formula is C19H17ClN2O4S. The molecule has 0 spiro atoms. The number of amides is 1. The molecule has 6 nitrogen and oxygen atoms in total. The molecule has 1 amide bonds. The molecule has 4 rings (SSSR count). The molecule has 2 aromatic carbocycles. The summed E-state index contributed by atoms with van der Waals surface area (Å²) in [5.74, 6) is 0.800. The number of ether oxygens (including phenoxy) is 3. The number of hydrogen-bond donors (Lipinski definition) is 0. The Labute approximate surface area is 164 Å². The molecule has 2 heterocycles. The van der Waals surface area contributed by atoms with E-state index >= 15 is 0 Å². The molecule has 140 valence electrons. The summed E-state index contributed by atoms with van der Waals surface area (Å²) in [6.45, 7) is 1.22. The normalized spacial score (nSPS) is 16.7. The van der Waals surface area contributed by atoms with Gasteiger partial charge in [0.15, 0.2) is 16.3 Å². The molecule has 1 aromatic heterocycles. The number of carbonyl (C=O) groups excluding carboxylic acids is 1. The number of halogens is 1. The molecule has 0 radical (unpaired) electrons. The van der Waals surface area contributed by atoms with Crippen LogP contribution in [0.5, 0.6) is 11.5 Å². The zero-order valence-electron chi connectivity index (χ0n) is 14.6. The Balaban J connectivity index is 1.68. The van der Waals surface area contributed by atoms with E-state index in [-0.39, 0.29) is 12.5 Å². The Kier molecular flexibility index (Phi) is 5.15. The summed E-state index contributed by atoms with van der Waals surface area (Å²) >= 11 is 7.50. The van der Waals surface area contributed by atoms with Gasteiger partial charge in [-0.25, -0.2) is 0 Å². The van der Waals surface area contributed by atoms with Crippen LogP contribution in [0.25, 0.3) is 10.2 Å². The minimum absolute atomic E-state index is 0.133. The Hall–Kier alpha value is -2.35. The fourth-order valence-corrected chi connectivity index (χ4v) is 4.18. The van der Waals surface area contributed by atoms with Crippen LogP contribution in [0.3, 0.4) is 0 Å². The Morgan fingerprint density at radius 3 is 2.96 bits per heavy atom. The van der Waals surface area contributed by atoms with Crippen molar-refractivity contribution in [1.82, 2.24) is 4.57 Å². The molecule has 3 aromatic rings. The number of para-hydroxylation sites is 2. The predicted molar refractivity (Wildman–Crippen MR) is 104 cm³/mol. The van der Waals surface area contributed by atoms with E-state index < -0.39 is 6.10 Å². The third-order valence-electron chi connectivity index (χ3n) is 4.15. The number of methoxy groups -OCH3 is 1. The lowest BCUT2D eigenvalue weighted by Gasteiger charge is -2.23. The van der Waals surface area contributed by atoms with Crippen LogP contribution in [-0.4, -0.2) is 36.9 Å². The highest BCUT2D eigenvalue weighted by molar-refractivity contribution is 7.16. The predicted octanol–water partition coefficient (Wildman–Crippen LogP) is 3.27. The van der Waals surface area contributed by atoms with Gasteiger partial charge in [-0.05, 0) is 30.3 Å². The molecule has 8 heteroatoms. The van der Waals surface area contributed by atoms with Crippen LogP contribution in [0.4, 0.5) is 0 Å². The number of carbonyl (C=O) groups is 1. The van der Waals surface area contributed by atoms with Crippen LogP contribution in [-0.2, 0) is 16.1 Å². The second kappa shape index (κ2) is 7.72. The minimum atomic E-state index is -0.774. The average Bonchev–Trinajstić information content (AvgIpc) is 3.01. The third-order valence-corrected chi connectivity index (χ3v) is 5.43. The lowest BCUT2D eigenvalue weighted by Crippen LogP contribution is -2.37. The fraction of sp³-hybridized carbons (Fsp3) is 0.263. The third kappa shape index (κ3) is 3.71. The maximum atomic E-state index is 12.7. The zero-order valence-corrected chi connectivity index (χ0v) is 16.1. The van der Waals surface area contributed by atoms with Gasteiger partial charge in [-0.15, -0.1) is 0 Å². The smallest absolute Gasteiger partial charge is 0.292 e. The van der Waals surface area contributed by atoms with Crippen LogP contribution in [0, 0.1) is 0 Å². The molecule has 0 saturated carbocycles. The molecule has 1 aliphatic rings. The molecule has 0 N–H and O–H groups in total. The van der Waals surface area contributed by atoms with Gasteiger partial charge in [0.2, 0.25) is 6.10 Å². The highest BCUT2D eigenvalue weighted by atomic mass is 35.5. The summed E-state index contributed by atoms with van der Waals surface area (Å²) in [4.78, 5) is 17.6. The molecule has 0 unspecified atom stereocenters. The molecular weight excluding hydrogens is 388 g/mol. The van der Waals surface area contributed by atoms with Gasteiger partial charge in [-0.3, -0.25) is 4.79 Å².